The van der Waals surface area contributed by atoms with E-state index in [0.717, 1.165) is 28.8 Å². The van der Waals surface area contributed by atoms with E-state index in [2.05, 4.69) is 26.2 Å². The highest BCUT2D eigenvalue weighted by Crippen LogP contribution is 2.35. The van der Waals surface area contributed by atoms with Crippen LogP contribution in [0, 0.1) is 5.41 Å². The van der Waals surface area contributed by atoms with E-state index in [4.69, 9.17) is 10.1 Å². The van der Waals surface area contributed by atoms with Crippen molar-refractivity contribution in [3.05, 3.63) is 22.2 Å². The number of anilines is 1. The van der Waals surface area contributed by atoms with E-state index in [-0.39, 0.29) is 5.62 Å². The molecule has 2 N–H and O–H groups in total. The fourth-order valence-corrected chi connectivity index (χ4v) is 2.64. The number of hydrogen-bond acceptors (Lipinski definition) is 4. The molecule has 1 aromatic carbocycles. The predicted molar refractivity (Wildman–Crippen MR) is 68.3 cm³/mol. The van der Waals surface area contributed by atoms with Gasteiger partial charge in [0.15, 0.2) is 5.75 Å². The van der Waals surface area contributed by atoms with Gasteiger partial charge in [0, 0.05) is 18.5 Å². The second-order valence-corrected chi connectivity index (χ2v) is 4.69. The van der Waals surface area contributed by atoms with Crippen LogP contribution >= 0.6 is 15.9 Å². The van der Waals surface area contributed by atoms with Gasteiger partial charge in [0.2, 0.25) is 5.62 Å². The molecule has 1 aliphatic heterocycles. The second-order valence-electron chi connectivity index (χ2n) is 3.84. The second kappa shape index (κ2) is 3.73. The maximum absolute atomic E-state index is 7.92. The van der Waals surface area contributed by atoms with Gasteiger partial charge in [0.25, 0.3) is 0 Å². The molecule has 0 atom stereocenters. The molecule has 88 valence electrons. The largest absolute Gasteiger partial charge is 0.493 e. The Morgan fingerprint density at radius 1 is 1.53 bits per heavy atom. The summed E-state index contributed by atoms with van der Waals surface area (Å²) in [5, 5.41) is 12.2. The molecule has 0 aliphatic carbocycles. The van der Waals surface area contributed by atoms with Gasteiger partial charge in [-0.2, -0.15) is 0 Å². The van der Waals surface area contributed by atoms with Gasteiger partial charge in [-0.1, -0.05) is 0 Å². The van der Waals surface area contributed by atoms with Crippen molar-refractivity contribution in [1.29, 1.82) is 5.41 Å². The molecule has 1 aromatic heterocycles. The Balaban J connectivity index is 2.48. The topological polar surface area (TPSA) is 62.9 Å². The van der Waals surface area contributed by atoms with Crippen LogP contribution in [0.3, 0.4) is 0 Å². The molecule has 0 radical (unpaired) electrons. The molecule has 0 spiro atoms. The third kappa shape index (κ3) is 1.44. The summed E-state index contributed by atoms with van der Waals surface area (Å²) in [4.78, 5) is 4.31. The van der Waals surface area contributed by atoms with Crippen LogP contribution in [0.25, 0.3) is 10.9 Å². The van der Waals surface area contributed by atoms with Crippen LogP contribution in [0.4, 0.5) is 5.82 Å². The van der Waals surface area contributed by atoms with Gasteiger partial charge < -0.3 is 10.1 Å². The Hall–Kier alpha value is -1.56. The molecule has 0 bridgehead atoms. The zero-order chi connectivity index (χ0) is 12.0. The van der Waals surface area contributed by atoms with Crippen molar-refractivity contribution in [3.8, 4) is 5.75 Å². The van der Waals surface area contributed by atoms with Gasteiger partial charge in [-0.05, 0) is 28.1 Å². The number of nitrogens with one attached hydrogen (secondary N) is 2. The Kier molecular flexibility index (Phi) is 2.32. The van der Waals surface area contributed by atoms with Crippen molar-refractivity contribution in [2.24, 2.45) is 0 Å². The van der Waals surface area contributed by atoms with E-state index in [1.807, 2.05) is 16.7 Å². The first kappa shape index (κ1) is 10.6. The highest BCUT2D eigenvalue weighted by Gasteiger charge is 2.17. The zero-order valence-corrected chi connectivity index (χ0v) is 10.8. The first-order valence-electron chi connectivity index (χ1n) is 5.28. The molecule has 2 aromatic rings. The summed E-state index contributed by atoms with van der Waals surface area (Å²) < 4.78 is 8.06. The Morgan fingerprint density at radius 2 is 2.35 bits per heavy atom. The lowest BCUT2D eigenvalue weighted by molar-refractivity contribution is 0.416. The Bertz CT molecular complexity index is 665. The molecule has 0 fully saturated rings. The SMILES string of the molecule is COc1c(Br)ccc2c3n(c(=N)nc12)CCN3. The molecule has 3 rings (SSSR count). The van der Waals surface area contributed by atoms with E-state index in [1.54, 1.807) is 7.11 Å². The van der Waals surface area contributed by atoms with Crippen molar-refractivity contribution in [2.45, 2.75) is 6.54 Å². The number of aromatic nitrogens is 2. The van der Waals surface area contributed by atoms with E-state index in [9.17, 15) is 0 Å². The van der Waals surface area contributed by atoms with Crippen molar-refractivity contribution >= 4 is 32.7 Å². The first-order valence-corrected chi connectivity index (χ1v) is 6.07. The number of methoxy groups -OCH3 is 1. The van der Waals surface area contributed by atoms with Crippen LogP contribution in [0.5, 0.6) is 5.75 Å². The lowest BCUT2D eigenvalue weighted by atomic mass is 10.2. The lowest BCUT2D eigenvalue weighted by Gasteiger charge is -2.11. The highest BCUT2D eigenvalue weighted by molar-refractivity contribution is 9.10. The normalized spacial score (nSPS) is 13.5. The number of rotatable bonds is 1. The number of ether oxygens (including phenoxy) is 1. The summed E-state index contributed by atoms with van der Waals surface area (Å²) in [5.74, 6) is 1.62. The molecule has 0 saturated heterocycles. The maximum Gasteiger partial charge on any atom is 0.224 e. The van der Waals surface area contributed by atoms with Crippen LogP contribution in [0.2, 0.25) is 0 Å². The van der Waals surface area contributed by atoms with Crippen LogP contribution in [-0.4, -0.2) is 23.2 Å². The van der Waals surface area contributed by atoms with Crippen molar-refractivity contribution in [2.75, 3.05) is 19.0 Å². The number of nitrogens with zero attached hydrogens (tertiary/aromatic N) is 2. The van der Waals surface area contributed by atoms with E-state index in [1.165, 1.54) is 0 Å². The van der Waals surface area contributed by atoms with Gasteiger partial charge >= 0.3 is 0 Å². The molecule has 17 heavy (non-hydrogen) atoms. The maximum atomic E-state index is 7.92. The van der Waals surface area contributed by atoms with E-state index >= 15 is 0 Å². The number of hydrogen-bond donors (Lipinski definition) is 2. The third-order valence-electron chi connectivity index (χ3n) is 2.91. The smallest absolute Gasteiger partial charge is 0.224 e. The molecular weight excluding hydrogens is 284 g/mol. The summed E-state index contributed by atoms with van der Waals surface area (Å²) in [6.07, 6.45) is 0. The molecule has 0 amide bonds. The molecule has 2 heterocycles. The standard InChI is InChI=1S/C11H11BrN4O/c1-17-9-7(12)3-2-6-8(9)15-11(13)16-5-4-14-10(6)16/h2-3,13-14H,4-5H2,1H3. The van der Waals surface area contributed by atoms with Gasteiger partial charge in [-0.25, -0.2) is 4.98 Å². The minimum atomic E-state index is 0.258. The third-order valence-corrected chi connectivity index (χ3v) is 3.54. The molecule has 6 heteroatoms. The summed E-state index contributed by atoms with van der Waals surface area (Å²) >= 11 is 3.43. The average Bonchev–Trinajstić information content (AvgIpc) is 2.79. The van der Waals surface area contributed by atoms with Crippen LogP contribution in [0.1, 0.15) is 0 Å². The molecular formula is C11H11BrN4O. The van der Waals surface area contributed by atoms with Gasteiger partial charge in [-0.3, -0.25) is 9.98 Å². The van der Waals surface area contributed by atoms with Crippen molar-refractivity contribution in [3.63, 3.8) is 0 Å². The first-order chi connectivity index (χ1) is 8.22. The van der Waals surface area contributed by atoms with E-state index in [0.29, 0.717) is 11.3 Å². The summed E-state index contributed by atoms with van der Waals surface area (Å²) in [6.45, 7) is 1.63. The number of halogens is 1. The van der Waals surface area contributed by atoms with Gasteiger partial charge in [0.05, 0.1) is 11.6 Å². The zero-order valence-electron chi connectivity index (χ0n) is 9.25. The minimum absolute atomic E-state index is 0.258. The van der Waals surface area contributed by atoms with Crippen LogP contribution < -0.4 is 15.7 Å². The summed E-state index contributed by atoms with van der Waals surface area (Å²) in [7, 11) is 1.61. The van der Waals surface area contributed by atoms with Crippen LogP contribution in [-0.2, 0) is 6.54 Å². The van der Waals surface area contributed by atoms with Crippen molar-refractivity contribution in [1.82, 2.24) is 9.55 Å². The summed E-state index contributed by atoms with van der Waals surface area (Å²) in [5.41, 5.74) is 0.974. The van der Waals surface area contributed by atoms with Crippen molar-refractivity contribution < 1.29 is 4.74 Å². The fraction of sp³-hybridized carbons (Fsp3) is 0.273. The average molecular weight is 295 g/mol. The minimum Gasteiger partial charge on any atom is -0.493 e. The lowest BCUT2D eigenvalue weighted by Crippen LogP contribution is -2.21. The highest BCUT2D eigenvalue weighted by atomic mass is 79.9. The molecule has 1 aliphatic rings. The molecule has 0 unspecified atom stereocenters. The summed E-state index contributed by atoms with van der Waals surface area (Å²) in [6, 6.07) is 3.92. The predicted octanol–water partition coefficient (Wildman–Crippen LogP) is 1.71. The van der Waals surface area contributed by atoms with Gasteiger partial charge in [-0.15, -0.1) is 0 Å². The molecule has 5 nitrogen and oxygen atoms in total. The van der Waals surface area contributed by atoms with Gasteiger partial charge in [0.1, 0.15) is 11.3 Å². The van der Waals surface area contributed by atoms with E-state index < -0.39 is 0 Å². The Morgan fingerprint density at radius 3 is 3.12 bits per heavy atom. The quantitative estimate of drug-likeness (QED) is 0.842. The monoisotopic (exact) mass is 294 g/mol. The molecule has 0 saturated carbocycles. The number of benzene rings is 1. The Labute approximate surface area is 106 Å². The number of fused-ring (bicyclic) bond motifs is 3. The fourth-order valence-electron chi connectivity index (χ4n) is 2.15. The van der Waals surface area contributed by atoms with Crippen LogP contribution in [0.15, 0.2) is 16.6 Å².